The summed E-state index contributed by atoms with van der Waals surface area (Å²) < 4.78 is 31.6. The molecule has 0 bridgehead atoms. The highest BCUT2D eigenvalue weighted by Gasteiger charge is 2.23. The molecule has 0 amide bonds. The molecular weight excluding hydrogens is 450 g/mol. The van der Waals surface area contributed by atoms with Gasteiger partial charge < -0.3 is 19.9 Å². The number of nitro benzene ring substituents is 1. The van der Waals surface area contributed by atoms with Gasteiger partial charge in [0.05, 0.1) is 11.5 Å². The molecule has 1 saturated heterocycles. The van der Waals surface area contributed by atoms with E-state index in [-0.39, 0.29) is 5.69 Å². The highest BCUT2D eigenvalue weighted by atomic mass is 32.1. The van der Waals surface area contributed by atoms with E-state index in [0.717, 1.165) is 63.1 Å². The number of benzene rings is 2. The van der Waals surface area contributed by atoms with E-state index in [1.165, 1.54) is 18.2 Å². The number of hydrogen-bond donors (Lipinski definition) is 1. The van der Waals surface area contributed by atoms with Crippen molar-refractivity contribution in [2.45, 2.75) is 31.7 Å². The van der Waals surface area contributed by atoms with Gasteiger partial charge in [0, 0.05) is 50.1 Å². The smallest absolute Gasteiger partial charge is 0.269 e. The Labute approximate surface area is 197 Å². The Morgan fingerprint density at radius 1 is 1.18 bits per heavy atom. The summed E-state index contributed by atoms with van der Waals surface area (Å²) in [6.45, 7) is 3.37. The van der Waals surface area contributed by atoms with Gasteiger partial charge in [0.25, 0.3) is 5.69 Å². The first-order valence-electron chi connectivity index (χ1n) is 10.9. The second-order valence-electron chi connectivity index (χ2n) is 8.05. The quantitative estimate of drug-likeness (QED) is 0.240. The zero-order valence-corrected chi connectivity index (χ0v) is 19.3. The van der Waals surface area contributed by atoms with Gasteiger partial charge in [-0.25, -0.2) is 8.78 Å². The second-order valence-corrected chi connectivity index (χ2v) is 8.44. The number of non-ortho nitro benzene ring substituents is 1. The Hall–Kier alpha value is -2.85. The molecule has 3 rings (SSSR count). The minimum atomic E-state index is -0.900. The molecule has 0 saturated carbocycles. The Morgan fingerprint density at radius 3 is 2.52 bits per heavy atom. The van der Waals surface area contributed by atoms with Gasteiger partial charge in [-0.3, -0.25) is 10.1 Å². The minimum absolute atomic E-state index is 0.0445. The zero-order chi connectivity index (χ0) is 23.8. The number of anilines is 1. The van der Waals surface area contributed by atoms with Crippen molar-refractivity contribution >= 4 is 28.7 Å². The lowest BCUT2D eigenvalue weighted by Gasteiger charge is -2.38. The normalized spacial score (nSPS) is 14.6. The molecule has 0 radical (unpaired) electrons. The van der Waals surface area contributed by atoms with Gasteiger partial charge in [-0.1, -0.05) is 0 Å². The molecule has 0 spiro atoms. The van der Waals surface area contributed by atoms with Crippen LogP contribution in [0.2, 0.25) is 0 Å². The minimum Gasteiger partial charge on any atom is -0.493 e. The number of nitrogens with zero attached hydrogens (tertiary/aromatic N) is 3. The van der Waals surface area contributed by atoms with Crippen molar-refractivity contribution in [1.29, 1.82) is 0 Å². The predicted molar refractivity (Wildman–Crippen MR) is 128 cm³/mol. The van der Waals surface area contributed by atoms with Gasteiger partial charge in [0.1, 0.15) is 5.75 Å². The van der Waals surface area contributed by atoms with Crippen molar-refractivity contribution < 1.29 is 18.4 Å². The molecule has 2 aromatic rings. The summed E-state index contributed by atoms with van der Waals surface area (Å²) in [7, 11) is 1.97. The van der Waals surface area contributed by atoms with Crippen LogP contribution in [-0.2, 0) is 0 Å². The molecule has 33 heavy (non-hydrogen) atoms. The number of rotatable bonds is 9. The SMILES string of the molecule is CN(C(=S)Nc1ccc([N+](=O)[O-])cc1)C1CCN(CCCCOc2ccc(F)c(F)c2)CC1. The van der Waals surface area contributed by atoms with Crippen LogP contribution >= 0.6 is 12.2 Å². The van der Waals surface area contributed by atoms with Crippen LogP contribution in [0.5, 0.6) is 5.75 Å². The number of piperidine rings is 1. The third-order valence-electron chi connectivity index (χ3n) is 5.78. The van der Waals surface area contributed by atoms with E-state index >= 15 is 0 Å². The fourth-order valence-corrected chi connectivity index (χ4v) is 4.04. The maximum Gasteiger partial charge on any atom is 0.269 e. The molecule has 0 aromatic heterocycles. The summed E-state index contributed by atoms with van der Waals surface area (Å²) in [4.78, 5) is 14.8. The number of halogens is 2. The predicted octanol–water partition coefficient (Wildman–Crippen LogP) is 4.83. The van der Waals surface area contributed by atoms with E-state index < -0.39 is 16.6 Å². The van der Waals surface area contributed by atoms with Gasteiger partial charge >= 0.3 is 0 Å². The Kier molecular flexibility index (Phi) is 8.90. The van der Waals surface area contributed by atoms with Gasteiger partial charge in [-0.15, -0.1) is 0 Å². The highest BCUT2D eigenvalue weighted by molar-refractivity contribution is 7.80. The van der Waals surface area contributed by atoms with Crippen LogP contribution in [0.15, 0.2) is 42.5 Å². The lowest BCUT2D eigenvalue weighted by atomic mass is 10.0. The van der Waals surface area contributed by atoms with Crippen LogP contribution in [0, 0.1) is 21.7 Å². The molecule has 7 nitrogen and oxygen atoms in total. The number of nitrogens with one attached hydrogen (secondary N) is 1. The Balaban J connectivity index is 1.32. The second kappa shape index (κ2) is 11.9. The molecular formula is C23H28F2N4O3S. The van der Waals surface area contributed by atoms with Gasteiger partial charge in [0.15, 0.2) is 16.7 Å². The van der Waals surface area contributed by atoms with E-state index in [1.807, 2.05) is 7.05 Å². The highest BCUT2D eigenvalue weighted by Crippen LogP contribution is 2.20. The Morgan fingerprint density at radius 2 is 1.88 bits per heavy atom. The molecule has 2 aromatic carbocycles. The average Bonchev–Trinajstić information content (AvgIpc) is 2.81. The number of nitro groups is 1. The van der Waals surface area contributed by atoms with Crippen molar-refractivity contribution in [2.24, 2.45) is 0 Å². The first kappa shape index (κ1) is 24.8. The molecule has 0 atom stereocenters. The standard InChI is InChI=1S/C23H28F2N4O3S/c1-27(23(33)26-17-4-6-19(7-5-17)29(30)31)18-10-13-28(14-11-18)12-2-3-15-32-20-8-9-21(24)22(25)16-20/h4-9,16,18H,2-3,10-15H2,1H3,(H,26,33). The molecule has 0 aliphatic carbocycles. The van der Waals surface area contributed by atoms with E-state index in [9.17, 15) is 18.9 Å². The summed E-state index contributed by atoms with van der Waals surface area (Å²) in [5, 5.41) is 14.5. The van der Waals surface area contributed by atoms with Crippen LogP contribution in [-0.4, -0.2) is 59.2 Å². The number of likely N-dealkylation sites (tertiary alicyclic amines) is 1. The van der Waals surface area contributed by atoms with Crippen molar-refractivity contribution in [1.82, 2.24) is 9.80 Å². The van der Waals surface area contributed by atoms with E-state index in [1.54, 1.807) is 12.1 Å². The fraction of sp³-hybridized carbons (Fsp3) is 0.435. The third kappa shape index (κ3) is 7.33. The number of thiocarbonyl (C=S) groups is 1. The summed E-state index contributed by atoms with van der Waals surface area (Å²) in [6, 6.07) is 10.1. The molecule has 1 aliphatic heterocycles. The van der Waals surface area contributed by atoms with Gasteiger partial charge in [-0.05, 0) is 68.7 Å². The van der Waals surface area contributed by atoms with Crippen molar-refractivity contribution in [3.8, 4) is 5.75 Å². The molecule has 1 aliphatic rings. The molecule has 1 N–H and O–H groups in total. The number of hydrogen-bond acceptors (Lipinski definition) is 5. The molecule has 1 heterocycles. The van der Waals surface area contributed by atoms with E-state index in [0.29, 0.717) is 23.5 Å². The molecule has 0 unspecified atom stereocenters. The van der Waals surface area contributed by atoms with Crippen molar-refractivity contribution in [2.75, 3.05) is 38.6 Å². The third-order valence-corrected chi connectivity index (χ3v) is 6.17. The summed E-state index contributed by atoms with van der Waals surface area (Å²) in [5.74, 6) is -1.43. The van der Waals surface area contributed by atoms with E-state index in [2.05, 4.69) is 15.1 Å². The van der Waals surface area contributed by atoms with Gasteiger partial charge in [-0.2, -0.15) is 0 Å². The fourth-order valence-electron chi connectivity index (χ4n) is 3.77. The lowest BCUT2D eigenvalue weighted by molar-refractivity contribution is -0.384. The topological polar surface area (TPSA) is 70.9 Å². The summed E-state index contributed by atoms with van der Waals surface area (Å²) in [5.41, 5.74) is 0.767. The average molecular weight is 479 g/mol. The van der Waals surface area contributed by atoms with E-state index in [4.69, 9.17) is 17.0 Å². The summed E-state index contributed by atoms with van der Waals surface area (Å²) >= 11 is 5.52. The van der Waals surface area contributed by atoms with Crippen LogP contribution in [0.3, 0.4) is 0 Å². The van der Waals surface area contributed by atoms with Crippen LogP contribution < -0.4 is 10.1 Å². The maximum atomic E-state index is 13.2. The Bertz CT molecular complexity index is 953. The van der Waals surface area contributed by atoms with Crippen molar-refractivity contribution in [3.05, 3.63) is 64.2 Å². The number of unbranched alkanes of at least 4 members (excludes halogenated alkanes) is 1. The van der Waals surface area contributed by atoms with Crippen LogP contribution in [0.4, 0.5) is 20.2 Å². The lowest BCUT2D eigenvalue weighted by Crippen LogP contribution is -2.47. The largest absolute Gasteiger partial charge is 0.493 e. The maximum absolute atomic E-state index is 13.2. The number of ether oxygens (including phenoxy) is 1. The first-order chi connectivity index (χ1) is 15.8. The molecule has 1 fully saturated rings. The molecule has 178 valence electrons. The van der Waals surface area contributed by atoms with Crippen molar-refractivity contribution in [3.63, 3.8) is 0 Å². The molecule has 10 heteroatoms. The zero-order valence-electron chi connectivity index (χ0n) is 18.5. The summed E-state index contributed by atoms with van der Waals surface area (Å²) in [6.07, 6.45) is 3.78. The van der Waals surface area contributed by atoms with Crippen LogP contribution in [0.1, 0.15) is 25.7 Å². The monoisotopic (exact) mass is 478 g/mol. The van der Waals surface area contributed by atoms with Crippen LogP contribution in [0.25, 0.3) is 0 Å². The first-order valence-corrected chi connectivity index (χ1v) is 11.3. The van der Waals surface area contributed by atoms with Gasteiger partial charge in [0.2, 0.25) is 0 Å².